The fourth-order valence-electron chi connectivity index (χ4n) is 2.92. The van der Waals surface area contributed by atoms with Gasteiger partial charge in [0.25, 0.3) is 0 Å². The minimum atomic E-state index is 0.807. The second-order valence-electron chi connectivity index (χ2n) is 5.71. The van der Waals surface area contributed by atoms with Crippen molar-refractivity contribution in [2.24, 2.45) is 0 Å². The molecule has 0 atom stereocenters. The monoisotopic (exact) mass is 280 g/mol. The molecule has 1 heterocycles. The molecule has 1 aromatic heterocycles. The zero-order valence-electron chi connectivity index (χ0n) is 12.5. The van der Waals surface area contributed by atoms with Crippen LogP contribution >= 0.6 is 11.3 Å². The number of nitrogens with zero attached hydrogens (tertiary/aromatic N) is 1. The van der Waals surface area contributed by atoms with E-state index in [1.54, 1.807) is 0 Å². The van der Waals surface area contributed by atoms with Crippen LogP contribution in [0.5, 0.6) is 0 Å². The number of rotatable bonds is 6. The number of thiophene rings is 1. The van der Waals surface area contributed by atoms with Crippen molar-refractivity contribution < 1.29 is 0 Å². The maximum Gasteiger partial charge on any atom is 0.0327 e. The lowest BCUT2D eigenvalue weighted by molar-refractivity contribution is 0.215. The Kier molecular flexibility index (Phi) is 6.35. The molecular formula is C16H28N2S. The van der Waals surface area contributed by atoms with Crippen LogP contribution in [-0.4, -0.2) is 24.5 Å². The predicted octanol–water partition coefficient (Wildman–Crippen LogP) is 4.01. The van der Waals surface area contributed by atoms with E-state index in [4.69, 9.17) is 0 Å². The molecule has 3 heteroatoms. The van der Waals surface area contributed by atoms with E-state index in [9.17, 15) is 0 Å². The van der Waals surface area contributed by atoms with E-state index in [2.05, 4.69) is 36.3 Å². The van der Waals surface area contributed by atoms with Gasteiger partial charge < -0.3 is 5.32 Å². The fraction of sp³-hybridized carbons (Fsp3) is 0.750. The van der Waals surface area contributed by atoms with Gasteiger partial charge in [0, 0.05) is 28.9 Å². The smallest absolute Gasteiger partial charge is 0.0327 e. The Balaban J connectivity index is 1.83. The SMILES string of the molecule is CCNCc1ccc(CN(C)C2CCCCCC2)s1. The summed E-state index contributed by atoms with van der Waals surface area (Å²) in [6.07, 6.45) is 8.51. The molecule has 0 unspecified atom stereocenters. The summed E-state index contributed by atoms with van der Waals surface area (Å²) < 4.78 is 0. The third-order valence-corrected chi connectivity index (χ3v) is 5.19. The van der Waals surface area contributed by atoms with Crippen LogP contribution in [0.4, 0.5) is 0 Å². The average molecular weight is 280 g/mol. The molecule has 2 nitrogen and oxygen atoms in total. The van der Waals surface area contributed by atoms with Crippen molar-refractivity contribution in [1.29, 1.82) is 0 Å². The Hall–Kier alpha value is -0.380. The van der Waals surface area contributed by atoms with Gasteiger partial charge in [0.05, 0.1) is 0 Å². The molecule has 0 saturated heterocycles. The molecule has 0 radical (unpaired) electrons. The molecule has 19 heavy (non-hydrogen) atoms. The molecule has 0 spiro atoms. The van der Waals surface area contributed by atoms with Gasteiger partial charge in [0.15, 0.2) is 0 Å². The molecule has 0 amide bonds. The van der Waals surface area contributed by atoms with E-state index in [1.807, 2.05) is 11.3 Å². The first-order chi connectivity index (χ1) is 9.29. The summed E-state index contributed by atoms with van der Waals surface area (Å²) in [5.74, 6) is 0. The Morgan fingerprint density at radius 2 is 1.84 bits per heavy atom. The summed E-state index contributed by atoms with van der Waals surface area (Å²) in [5.41, 5.74) is 0. The minimum Gasteiger partial charge on any atom is -0.312 e. The zero-order chi connectivity index (χ0) is 13.5. The average Bonchev–Trinajstić information content (AvgIpc) is 2.68. The molecule has 1 saturated carbocycles. The van der Waals surface area contributed by atoms with Gasteiger partial charge in [-0.3, -0.25) is 4.90 Å². The summed E-state index contributed by atoms with van der Waals surface area (Å²) in [4.78, 5) is 5.56. The van der Waals surface area contributed by atoms with Gasteiger partial charge in [-0.25, -0.2) is 0 Å². The summed E-state index contributed by atoms with van der Waals surface area (Å²) in [7, 11) is 2.31. The van der Waals surface area contributed by atoms with Crippen LogP contribution < -0.4 is 5.32 Å². The van der Waals surface area contributed by atoms with Gasteiger partial charge in [-0.15, -0.1) is 11.3 Å². The van der Waals surface area contributed by atoms with Crippen LogP contribution in [0, 0.1) is 0 Å². The Morgan fingerprint density at radius 3 is 2.53 bits per heavy atom. The topological polar surface area (TPSA) is 15.3 Å². The number of hydrogen-bond donors (Lipinski definition) is 1. The summed E-state index contributed by atoms with van der Waals surface area (Å²) in [6, 6.07) is 5.40. The van der Waals surface area contributed by atoms with Crippen molar-refractivity contribution in [3.8, 4) is 0 Å². The van der Waals surface area contributed by atoms with Crippen LogP contribution in [0.15, 0.2) is 12.1 Å². The highest BCUT2D eigenvalue weighted by molar-refractivity contribution is 7.11. The highest BCUT2D eigenvalue weighted by Gasteiger charge is 2.17. The number of nitrogens with one attached hydrogen (secondary N) is 1. The van der Waals surface area contributed by atoms with Crippen LogP contribution in [0.2, 0.25) is 0 Å². The molecule has 0 aliphatic heterocycles. The first kappa shape index (κ1) is 15.0. The lowest BCUT2D eigenvalue weighted by Crippen LogP contribution is -2.30. The molecule has 1 aromatic rings. The van der Waals surface area contributed by atoms with Crippen molar-refractivity contribution in [3.05, 3.63) is 21.9 Å². The van der Waals surface area contributed by atoms with E-state index in [0.717, 1.165) is 25.7 Å². The van der Waals surface area contributed by atoms with Gasteiger partial charge in [-0.05, 0) is 38.6 Å². The van der Waals surface area contributed by atoms with Gasteiger partial charge in [0.1, 0.15) is 0 Å². The van der Waals surface area contributed by atoms with Gasteiger partial charge in [-0.1, -0.05) is 32.6 Å². The Bertz CT molecular complexity index is 353. The van der Waals surface area contributed by atoms with Crippen LogP contribution in [-0.2, 0) is 13.1 Å². The van der Waals surface area contributed by atoms with E-state index >= 15 is 0 Å². The van der Waals surface area contributed by atoms with E-state index < -0.39 is 0 Å². The quantitative estimate of drug-likeness (QED) is 0.792. The molecule has 1 aliphatic carbocycles. The third-order valence-electron chi connectivity index (χ3n) is 4.12. The fourth-order valence-corrected chi connectivity index (χ4v) is 3.98. The highest BCUT2D eigenvalue weighted by atomic mass is 32.1. The standard InChI is InChI=1S/C16H28N2S/c1-3-17-12-15-10-11-16(19-15)13-18(2)14-8-6-4-5-7-9-14/h10-11,14,17H,3-9,12-13H2,1-2H3. The maximum absolute atomic E-state index is 3.40. The first-order valence-electron chi connectivity index (χ1n) is 7.78. The van der Waals surface area contributed by atoms with Gasteiger partial charge in [0.2, 0.25) is 0 Å². The summed E-state index contributed by atoms with van der Waals surface area (Å²) in [6.45, 7) is 5.36. The maximum atomic E-state index is 3.40. The van der Waals surface area contributed by atoms with Crippen LogP contribution in [0.3, 0.4) is 0 Å². The molecule has 0 aromatic carbocycles. The second-order valence-corrected chi connectivity index (χ2v) is 6.96. The van der Waals surface area contributed by atoms with Crippen molar-refractivity contribution in [2.45, 2.75) is 64.6 Å². The largest absolute Gasteiger partial charge is 0.312 e. The molecule has 108 valence electrons. The van der Waals surface area contributed by atoms with Crippen molar-refractivity contribution >= 4 is 11.3 Å². The highest BCUT2D eigenvalue weighted by Crippen LogP contribution is 2.24. The zero-order valence-corrected chi connectivity index (χ0v) is 13.3. The lowest BCUT2D eigenvalue weighted by atomic mass is 10.1. The van der Waals surface area contributed by atoms with Gasteiger partial charge >= 0.3 is 0 Å². The Labute approximate surface area is 122 Å². The lowest BCUT2D eigenvalue weighted by Gasteiger charge is -2.26. The first-order valence-corrected chi connectivity index (χ1v) is 8.59. The van der Waals surface area contributed by atoms with Crippen molar-refractivity contribution in [3.63, 3.8) is 0 Å². The molecule has 1 fully saturated rings. The minimum absolute atomic E-state index is 0.807. The summed E-state index contributed by atoms with van der Waals surface area (Å²) >= 11 is 1.97. The van der Waals surface area contributed by atoms with Crippen molar-refractivity contribution in [1.82, 2.24) is 10.2 Å². The molecule has 2 rings (SSSR count). The Morgan fingerprint density at radius 1 is 1.16 bits per heavy atom. The van der Waals surface area contributed by atoms with Crippen molar-refractivity contribution in [2.75, 3.05) is 13.6 Å². The van der Waals surface area contributed by atoms with Crippen LogP contribution in [0.25, 0.3) is 0 Å². The van der Waals surface area contributed by atoms with E-state index in [-0.39, 0.29) is 0 Å². The van der Waals surface area contributed by atoms with E-state index in [0.29, 0.717) is 0 Å². The number of hydrogen-bond acceptors (Lipinski definition) is 3. The summed E-state index contributed by atoms with van der Waals surface area (Å²) in [5, 5.41) is 3.40. The molecular weight excluding hydrogens is 252 g/mol. The normalized spacial score (nSPS) is 17.8. The molecule has 1 aliphatic rings. The van der Waals surface area contributed by atoms with Gasteiger partial charge in [-0.2, -0.15) is 0 Å². The molecule has 0 bridgehead atoms. The van der Waals surface area contributed by atoms with Crippen LogP contribution in [0.1, 0.15) is 55.2 Å². The van der Waals surface area contributed by atoms with E-state index in [1.165, 1.54) is 48.3 Å². The predicted molar refractivity (Wildman–Crippen MR) is 84.7 cm³/mol. The second kappa shape index (κ2) is 8.03. The molecule has 1 N–H and O–H groups in total. The third kappa shape index (κ3) is 4.90.